The number of hydrogen-bond acceptors (Lipinski definition) is 5. The lowest BCUT2D eigenvalue weighted by molar-refractivity contribution is -0.130. The molecule has 1 amide bonds. The molecule has 1 aromatic carbocycles. The molecule has 1 aliphatic rings. The predicted octanol–water partition coefficient (Wildman–Crippen LogP) is 0.622. The summed E-state index contributed by atoms with van der Waals surface area (Å²) in [7, 11) is -1.97. The third-order valence-corrected chi connectivity index (χ3v) is 5.27. The number of sulfonamides is 1. The summed E-state index contributed by atoms with van der Waals surface area (Å²) < 4.78 is 28.1. The molecule has 3 N–H and O–H groups in total. The van der Waals surface area contributed by atoms with E-state index in [1.807, 2.05) is 6.92 Å². The van der Waals surface area contributed by atoms with Gasteiger partial charge in [-0.3, -0.25) is 4.79 Å². The highest BCUT2D eigenvalue weighted by Crippen LogP contribution is 2.20. The molecule has 0 bridgehead atoms. The number of amides is 1. The van der Waals surface area contributed by atoms with E-state index < -0.39 is 10.0 Å². The molecule has 134 valence electrons. The van der Waals surface area contributed by atoms with Gasteiger partial charge in [0, 0.05) is 20.2 Å². The Kier molecular flexibility index (Phi) is 6.34. The van der Waals surface area contributed by atoms with Crippen molar-refractivity contribution in [1.82, 2.24) is 10.2 Å². The summed E-state index contributed by atoms with van der Waals surface area (Å²) in [6.45, 7) is 3.61. The molecular formula is C16H25N3O4S. The Morgan fingerprint density at radius 3 is 2.62 bits per heavy atom. The fraction of sp³-hybridized carbons (Fsp3) is 0.562. The van der Waals surface area contributed by atoms with E-state index in [2.05, 4.69) is 5.32 Å². The maximum atomic E-state index is 12.3. The van der Waals surface area contributed by atoms with Crippen molar-refractivity contribution in [3.8, 4) is 0 Å². The Balaban J connectivity index is 1.87. The van der Waals surface area contributed by atoms with E-state index in [-0.39, 0.29) is 29.5 Å². The van der Waals surface area contributed by atoms with Gasteiger partial charge in [-0.1, -0.05) is 12.1 Å². The maximum Gasteiger partial charge on any atom is 0.238 e. The molecule has 24 heavy (non-hydrogen) atoms. The van der Waals surface area contributed by atoms with Crippen molar-refractivity contribution in [2.24, 2.45) is 5.14 Å². The van der Waals surface area contributed by atoms with Crippen LogP contribution in [0.15, 0.2) is 29.2 Å². The van der Waals surface area contributed by atoms with Crippen LogP contribution in [-0.4, -0.2) is 52.1 Å². The number of primary sulfonamides is 1. The zero-order chi connectivity index (χ0) is 17.7. The van der Waals surface area contributed by atoms with Crippen LogP contribution in [0.4, 0.5) is 0 Å². The molecule has 1 heterocycles. The highest BCUT2D eigenvalue weighted by molar-refractivity contribution is 7.89. The Bertz CT molecular complexity index is 654. The van der Waals surface area contributed by atoms with E-state index >= 15 is 0 Å². The van der Waals surface area contributed by atoms with Crippen molar-refractivity contribution in [2.45, 2.75) is 36.8 Å². The highest BCUT2D eigenvalue weighted by Gasteiger charge is 2.19. The summed E-state index contributed by atoms with van der Waals surface area (Å²) in [6, 6.07) is 6.09. The minimum atomic E-state index is -3.70. The molecule has 1 aromatic rings. The zero-order valence-electron chi connectivity index (χ0n) is 14.1. The van der Waals surface area contributed by atoms with E-state index in [1.165, 1.54) is 12.1 Å². The standard InChI is InChI=1S/C16H25N3O4S/c1-12(13-5-7-15(8-6-13)24(17,21)22)19(2)16(20)11-18-10-14-4-3-9-23-14/h5-8,12,14,18H,3-4,9-11H2,1-2H3,(H2,17,21,22). The lowest BCUT2D eigenvalue weighted by Crippen LogP contribution is -2.39. The number of ether oxygens (including phenoxy) is 1. The molecule has 0 saturated carbocycles. The van der Waals surface area contributed by atoms with Gasteiger partial charge in [-0.2, -0.15) is 0 Å². The van der Waals surface area contributed by atoms with Crippen LogP contribution >= 0.6 is 0 Å². The average Bonchev–Trinajstić information content (AvgIpc) is 3.06. The van der Waals surface area contributed by atoms with Crippen molar-refractivity contribution in [2.75, 3.05) is 26.7 Å². The van der Waals surface area contributed by atoms with Gasteiger partial charge in [0.2, 0.25) is 15.9 Å². The topological polar surface area (TPSA) is 102 Å². The van der Waals surface area contributed by atoms with Crippen molar-refractivity contribution < 1.29 is 17.9 Å². The molecular weight excluding hydrogens is 330 g/mol. The molecule has 2 unspecified atom stereocenters. The average molecular weight is 355 g/mol. The van der Waals surface area contributed by atoms with Gasteiger partial charge in [0.25, 0.3) is 0 Å². The van der Waals surface area contributed by atoms with E-state index in [9.17, 15) is 13.2 Å². The number of nitrogens with two attached hydrogens (primary N) is 1. The maximum absolute atomic E-state index is 12.3. The van der Waals surface area contributed by atoms with Gasteiger partial charge >= 0.3 is 0 Å². The molecule has 1 aliphatic heterocycles. The number of hydrogen-bond donors (Lipinski definition) is 2. The number of likely N-dealkylation sites (N-methyl/N-ethyl adjacent to an activating group) is 1. The minimum Gasteiger partial charge on any atom is -0.377 e. The molecule has 0 aliphatic carbocycles. The first-order valence-electron chi connectivity index (χ1n) is 8.00. The molecule has 2 rings (SSSR count). The molecule has 0 radical (unpaired) electrons. The number of carbonyl (C=O) groups excluding carboxylic acids is 1. The first kappa shape index (κ1) is 18.9. The lowest BCUT2D eigenvalue weighted by Gasteiger charge is -2.26. The number of nitrogens with zero attached hydrogens (tertiary/aromatic N) is 1. The minimum absolute atomic E-state index is 0.0315. The van der Waals surface area contributed by atoms with Crippen LogP contribution in [0.3, 0.4) is 0 Å². The largest absolute Gasteiger partial charge is 0.377 e. The molecule has 1 fully saturated rings. The van der Waals surface area contributed by atoms with Crippen LogP contribution in [0.5, 0.6) is 0 Å². The first-order valence-corrected chi connectivity index (χ1v) is 9.54. The van der Waals surface area contributed by atoms with Crippen LogP contribution in [0.25, 0.3) is 0 Å². The Labute approximate surface area is 143 Å². The van der Waals surface area contributed by atoms with Crippen molar-refractivity contribution in [3.05, 3.63) is 29.8 Å². The van der Waals surface area contributed by atoms with E-state index in [4.69, 9.17) is 9.88 Å². The molecule has 0 spiro atoms. The third-order valence-electron chi connectivity index (χ3n) is 4.34. The van der Waals surface area contributed by atoms with Gasteiger partial charge < -0.3 is 15.0 Å². The third kappa shape index (κ3) is 5.01. The monoisotopic (exact) mass is 355 g/mol. The zero-order valence-corrected chi connectivity index (χ0v) is 14.9. The van der Waals surface area contributed by atoms with Gasteiger partial charge in [0.05, 0.1) is 23.6 Å². The highest BCUT2D eigenvalue weighted by atomic mass is 32.2. The summed E-state index contributed by atoms with van der Waals surface area (Å²) in [5.74, 6) is -0.0315. The van der Waals surface area contributed by atoms with E-state index in [1.54, 1.807) is 24.1 Å². The second kappa shape index (κ2) is 8.06. The molecule has 0 aromatic heterocycles. The molecule has 2 atom stereocenters. The van der Waals surface area contributed by atoms with Crippen molar-refractivity contribution in [1.29, 1.82) is 0 Å². The van der Waals surface area contributed by atoms with Crippen LogP contribution in [0.1, 0.15) is 31.4 Å². The number of carbonyl (C=O) groups is 1. The number of benzene rings is 1. The SMILES string of the molecule is CC(c1ccc(S(N)(=O)=O)cc1)N(C)C(=O)CNCC1CCCO1. The van der Waals surface area contributed by atoms with Gasteiger partial charge in [-0.15, -0.1) is 0 Å². The summed E-state index contributed by atoms with van der Waals surface area (Å²) >= 11 is 0. The fourth-order valence-electron chi connectivity index (χ4n) is 2.65. The van der Waals surface area contributed by atoms with Crippen LogP contribution in [-0.2, 0) is 19.6 Å². The van der Waals surface area contributed by atoms with Crippen LogP contribution in [0.2, 0.25) is 0 Å². The Hall–Kier alpha value is -1.48. The Morgan fingerprint density at radius 2 is 2.08 bits per heavy atom. The van der Waals surface area contributed by atoms with Crippen molar-refractivity contribution >= 4 is 15.9 Å². The lowest BCUT2D eigenvalue weighted by atomic mass is 10.1. The molecule has 8 heteroatoms. The summed E-state index contributed by atoms with van der Waals surface area (Å²) in [5.41, 5.74) is 0.845. The van der Waals surface area contributed by atoms with E-state index in [0.717, 1.165) is 25.0 Å². The summed E-state index contributed by atoms with van der Waals surface area (Å²) in [5, 5.41) is 8.22. The van der Waals surface area contributed by atoms with Crippen LogP contribution in [0, 0.1) is 0 Å². The fourth-order valence-corrected chi connectivity index (χ4v) is 3.16. The van der Waals surface area contributed by atoms with Gasteiger partial charge in [0.15, 0.2) is 0 Å². The van der Waals surface area contributed by atoms with Gasteiger partial charge in [0.1, 0.15) is 0 Å². The quantitative estimate of drug-likeness (QED) is 0.747. The normalized spacial score (nSPS) is 19.2. The molecule has 7 nitrogen and oxygen atoms in total. The predicted molar refractivity (Wildman–Crippen MR) is 90.8 cm³/mol. The molecule has 1 saturated heterocycles. The smallest absolute Gasteiger partial charge is 0.238 e. The number of nitrogens with one attached hydrogen (secondary N) is 1. The second-order valence-electron chi connectivity index (χ2n) is 6.06. The van der Waals surface area contributed by atoms with E-state index in [0.29, 0.717) is 6.54 Å². The van der Waals surface area contributed by atoms with Crippen molar-refractivity contribution in [3.63, 3.8) is 0 Å². The first-order chi connectivity index (χ1) is 11.3. The van der Waals surface area contributed by atoms with Gasteiger partial charge in [-0.25, -0.2) is 13.6 Å². The van der Waals surface area contributed by atoms with Crippen LogP contribution < -0.4 is 10.5 Å². The Morgan fingerprint density at radius 1 is 1.42 bits per heavy atom. The van der Waals surface area contributed by atoms with Gasteiger partial charge in [-0.05, 0) is 37.5 Å². The summed E-state index contributed by atoms with van der Waals surface area (Å²) in [4.78, 5) is 14.0. The number of rotatable bonds is 7. The summed E-state index contributed by atoms with van der Waals surface area (Å²) in [6.07, 6.45) is 2.31. The second-order valence-corrected chi connectivity index (χ2v) is 7.62.